The summed E-state index contributed by atoms with van der Waals surface area (Å²) in [6.45, 7) is 1.13. The lowest BCUT2D eigenvalue weighted by Gasteiger charge is -2.34. The van der Waals surface area contributed by atoms with E-state index in [1.807, 2.05) is 11.4 Å². The third-order valence-electron chi connectivity index (χ3n) is 3.77. The monoisotopic (exact) mass is 404 g/mol. The van der Waals surface area contributed by atoms with Gasteiger partial charge in [0.2, 0.25) is 10.0 Å². The number of piperazine rings is 1. The summed E-state index contributed by atoms with van der Waals surface area (Å²) in [6.07, 6.45) is 0. The number of nitrogens with zero attached hydrogens (tertiary/aromatic N) is 2. The smallest absolute Gasteiger partial charge is 0.264 e. The summed E-state index contributed by atoms with van der Waals surface area (Å²) in [6, 6.07) is 7.94. The molecule has 0 spiro atoms. The quantitative estimate of drug-likeness (QED) is 0.788. The fraction of sp³-hybridized carbons (Fsp3) is 0.267. The number of sulfonamides is 1. The summed E-state index contributed by atoms with van der Waals surface area (Å²) in [5.41, 5.74) is 0. The van der Waals surface area contributed by atoms with Gasteiger partial charge >= 0.3 is 0 Å². The molecule has 1 aliphatic rings. The van der Waals surface area contributed by atoms with Crippen molar-refractivity contribution in [1.29, 1.82) is 0 Å². The van der Waals surface area contributed by atoms with Gasteiger partial charge in [0.15, 0.2) is 0 Å². The molecule has 1 fully saturated rings. The highest BCUT2D eigenvalue weighted by atomic mass is 35.5. The number of hydrogen-bond donors (Lipinski definition) is 0. The Morgan fingerprint density at radius 1 is 1.08 bits per heavy atom. The Morgan fingerprint density at radius 2 is 1.79 bits per heavy atom. The maximum absolute atomic E-state index is 12.7. The van der Waals surface area contributed by atoms with Gasteiger partial charge in [-0.2, -0.15) is 4.31 Å². The molecule has 2 aromatic rings. The van der Waals surface area contributed by atoms with Gasteiger partial charge in [-0.25, -0.2) is 8.42 Å². The van der Waals surface area contributed by atoms with Crippen LogP contribution in [0, 0.1) is 0 Å². The van der Waals surface area contributed by atoms with E-state index in [4.69, 9.17) is 23.2 Å². The molecule has 1 amide bonds. The summed E-state index contributed by atoms with van der Waals surface area (Å²) in [5, 5.41) is 2.29. The number of carbonyl (C=O) groups excluding carboxylic acids is 1. The Bertz CT molecular complexity index is 846. The van der Waals surface area contributed by atoms with E-state index in [1.165, 1.54) is 27.8 Å². The molecule has 1 aromatic heterocycles. The van der Waals surface area contributed by atoms with Crippen LogP contribution in [0.25, 0.3) is 0 Å². The minimum Gasteiger partial charge on any atom is -0.335 e. The maximum Gasteiger partial charge on any atom is 0.264 e. The van der Waals surface area contributed by atoms with E-state index in [0.29, 0.717) is 23.0 Å². The molecule has 0 saturated carbocycles. The molecule has 2 heterocycles. The summed E-state index contributed by atoms with van der Waals surface area (Å²) < 4.78 is 26.8. The molecule has 0 atom stereocenters. The lowest BCUT2D eigenvalue weighted by atomic mass is 10.3. The zero-order chi connectivity index (χ0) is 17.3. The van der Waals surface area contributed by atoms with Gasteiger partial charge in [-0.05, 0) is 29.6 Å². The minimum absolute atomic E-state index is 0.00491. The maximum atomic E-state index is 12.7. The van der Waals surface area contributed by atoms with E-state index < -0.39 is 10.0 Å². The van der Waals surface area contributed by atoms with Crippen LogP contribution in [0.4, 0.5) is 0 Å². The topological polar surface area (TPSA) is 57.7 Å². The molecule has 3 rings (SSSR count). The number of carbonyl (C=O) groups is 1. The van der Waals surface area contributed by atoms with E-state index >= 15 is 0 Å². The van der Waals surface area contributed by atoms with Crippen LogP contribution in [0.15, 0.2) is 40.6 Å². The van der Waals surface area contributed by atoms with E-state index in [1.54, 1.807) is 17.0 Å². The number of benzene rings is 1. The Balaban J connectivity index is 1.74. The van der Waals surface area contributed by atoms with E-state index in [2.05, 4.69) is 0 Å². The molecule has 0 aliphatic carbocycles. The van der Waals surface area contributed by atoms with Crippen molar-refractivity contribution >= 4 is 50.5 Å². The van der Waals surface area contributed by atoms with Crippen molar-refractivity contribution < 1.29 is 13.2 Å². The second-order valence-electron chi connectivity index (χ2n) is 5.25. The van der Waals surface area contributed by atoms with Gasteiger partial charge in [0, 0.05) is 31.2 Å². The molecule has 0 N–H and O–H groups in total. The van der Waals surface area contributed by atoms with Gasteiger partial charge in [-0.3, -0.25) is 4.79 Å². The van der Waals surface area contributed by atoms with Crippen molar-refractivity contribution in [1.82, 2.24) is 9.21 Å². The number of rotatable bonds is 3. The Hall–Kier alpha value is -1.12. The van der Waals surface area contributed by atoms with Crippen LogP contribution in [0.3, 0.4) is 0 Å². The molecular formula is C15H14Cl2N2O3S2. The highest BCUT2D eigenvalue weighted by molar-refractivity contribution is 7.89. The number of amides is 1. The first-order chi connectivity index (χ1) is 11.4. The Labute approximate surface area is 154 Å². The molecule has 0 radical (unpaired) electrons. The van der Waals surface area contributed by atoms with Gasteiger partial charge in [0.05, 0.1) is 9.90 Å². The van der Waals surface area contributed by atoms with Crippen molar-refractivity contribution in [2.24, 2.45) is 0 Å². The zero-order valence-corrected chi connectivity index (χ0v) is 15.6. The van der Waals surface area contributed by atoms with Crippen LogP contribution >= 0.6 is 34.5 Å². The summed E-state index contributed by atoms with van der Waals surface area (Å²) >= 11 is 13.3. The average molecular weight is 405 g/mol. The van der Waals surface area contributed by atoms with Gasteiger partial charge in [0.1, 0.15) is 4.90 Å². The van der Waals surface area contributed by atoms with Gasteiger partial charge in [0.25, 0.3) is 5.91 Å². The van der Waals surface area contributed by atoms with Gasteiger partial charge in [-0.1, -0.05) is 29.3 Å². The van der Waals surface area contributed by atoms with Crippen LogP contribution in [0.2, 0.25) is 10.0 Å². The first-order valence-electron chi connectivity index (χ1n) is 7.17. The molecule has 1 saturated heterocycles. The number of thiophene rings is 1. The summed E-state index contributed by atoms with van der Waals surface area (Å²) in [4.78, 5) is 14.6. The zero-order valence-electron chi connectivity index (χ0n) is 12.5. The number of hydrogen-bond acceptors (Lipinski definition) is 4. The first kappa shape index (κ1) is 17.7. The predicted octanol–water partition coefficient (Wildman–Crippen LogP) is 3.20. The Kier molecular flexibility index (Phi) is 5.17. The lowest BCUT2D eigenvalue weighted by molar-refractivity contribution is 0.0703. The van der Waals surface area contributed by atoms with Crippen molar-refractivity contribution in [3.05, 3.63) is 50.6 Å². The average Bonchev–Trinajstić information content (AvgIpc) is 3.11. The minimum atomic E-state index is -3.74. The molecule has 5 nitrogen and oxygen atoms in total. The van der Waals surface area contributed by atoms with Crippen LogP contribution in [0.5, 0.6) is 0 Å². The van der Waals surface area contributed by atoms with E-state index in [-0.39, 0.29) is 28.9 Å². The van der Waals surface area contributed by atoms with Crippen LogP contribution in [-0.2, 0) is 10.0 Å². The standard InChI is InChI=1S/C15H14Cl2N2O3S2/c16-11-3-4-12(17)14(10-11)24(21,22)19-7-5-18(6-8-19)15(20)13-2-1-9-23-13/h1-4,9-10H,5-8H2. The van der Waals surface area contributed by atoms with Crippen molar-refractivity contribution in [3.63, 3.8) is 0 Å². The molecule has 9 heteroatoms. The fourth-order valence-corrected chi connectivity index (χ4v) is 5.35. The molecule has 1 aliphatic heterocycles. The van der Waals surface area contributed by atoms with E-state index in [9.17, 15) is 13.2 Å². The summed E-state index contributed by atoms with van der Waals surface area (Å²) in [5.74, 6) is -0.0668. The molecular weight excluding hydrogens is 391 g/mol. The fourth-order valence-electron chi connectivity index (χ4n) is 2.50. The molecule has 1 aromatic carbocycles. The molecule has 0 bridgehead atoms. The third-order valence-corrected chi connectivity index (χ3v) is 7.24. The van der Waals surface area contributed by atoms with Crippen LogP contribution < -0.4 is 0 Å². The lowest BCUT2D eigenvalue weighted by Crippen LogP contribution is -2.50. The predicted molar refractivity (Wildman–Crippen MR) is 95.4 cm³/mol. The summed E-state index contributed by atoms with van der Waals surface area (Å²) in [7, 11) is -3.74. The molecule has 128 valence electrons. The highest BCUT2D eigenvalue weighted by Crippen LogP contribution is 2.28. The molecule has 24 heavy (non-hydrogen) atoms. The highest BCUT2D eigenvalue weighted by Gasteiger charge is 2.32. The van der Waals surface area contributed by atoms with Gasteiger partial charge in [-0.15, -0.1) is 11.3 Å². The Morgan fingerprint density at radius 3 is 2.42 bits per heavy atom. The second kappa shape index (κ2) is 7.01. The molecule has 0 unspecified atom stereocenters. The second-order valence-corrected chi connectivity index (χ2v) is 8.95. The van der Waals surface area contributed by atoms with Crippen LogP contribution in [-0.4, -0.2) is 49.7 Å². The SMILES string of the molecule is O=C(c1cccs1)N1CCN(S(=O)(=O)c2cc(Cl)ccc2Cl)CC1. The van der Waals surface area contributed by atoms with Crippen LogP contribution in [0.1, 0.15) is 9.67 Å². The van der Waals surface area contributed by atoms with E-state index in [0.717, 1.165) is 0 Å². The normalized spacial score (nSPS) is 16.3. The largest absolute Gasteiger partial charge is 0.335 e. The van der Waals surface area contributed by atoms with Crippen molar-refractivity contribution in [3.8, 4) is 0 Å². The van der Waals surface area contributed by atoms with Crippen molar-refractivity contribution in [2.75, 3.05) is 26.2 Å². The third kappa shape index (κ3) is 3.45. The van der Waals surface area contributed by atoms with Gasteiger partial charge < -0.3 is 4.90 Å². The van der Waals surface area contributed by atoms with Crippen molar-refractivity contribution in [2.45, 2.75) is 4.90 Å². The first-order valence-corrected chi connectivity index (χ1v) is 10.2. The number of halogens is 2.